The zero-order valence-electron chi connectivity index (χ0n) is 15.0. The molecular weight excluding hydrogens is 318 g/mol. The summed E-state index contributed by atoms with van der Waals surface area (Å²) in [5, 5.41) is 11.3. The van der Waals surface area contributed by atoms with E-state index in [-0.39, 0.29) is 18.2 Å². The van der Waals surface area contributed by atoms with Crippen molar-refractivity contribution < 1.29 is 19.4 Å². The molecule has 1 amide bonds. The Kier molecular flexibility index (Phi) is 4.52. The van der Waals surface area contributed by atoms with Gasteiger partial charge in [-0.25, -0.2) is 4.79 Å². The summed E-state index contributed by atoms with van der Waals surface area (Å²) in [6.45, 7) is 6.34. The minimum absolute atomic E-state index is 0.221. The highest BCUT2D eigenvalue weighted by molar-refractivity contribution is 5.69. The zero-order valence-corrected chi connectivity index (χ0v) is 15.0. The van der Waals surface area contributed by atoms with Crippen molar-refractivity contribution in [3.8, 4) is 12.3 Å². The van der Waals surface area contributed by atoms with Crippen molar-refractivity contribution in [2.45, 2.75) is 56.9 Å². The van der Waals surface area contributed by atoms with Crippen LogP contribution in [0.15, 0.2) is 24.3 Å². The number of aliphatic hydroxyl groups is 1. The fourth-order valence-corrected chi connectivity index (χ4v) is 3.72. The lowest BCUT2D eigenvalue weighted by Gasteiger charge is -2.51. The number of carbonyl (C=O) groups is 1. The van der Waals surface area contributed by atoms with Crippen molar-refractivity contribution in [3.05, 3.63) is 35.4 Å². The molecule has 2 unspecified atom stereocenters. The number of nitrogens with zero attached hydrogens (tertiary/aromatic N) is 1. The van der Waals surface area contributed by atoms with Gasteiger partial charge in [0.05, 0.1) is 30.9 Å². The van der Waals surface area contributed by atoms with E-state index in [0.717, 1.165) is 11.1 Å². The van der Waals surface area contributed by atoms with E-state index in [1.165, 1.54) is 0 Å². The average molecular weight is 343 g/mol. The molecule has 1 aromatic rings. The number of ether oxygens (including phenoxy) is 2. The predicted octanol–water partition coefficient (Wildman–Crippen LogP) is 2.65. The van der Waals surface area contributed by atoms with Gasteiger partial charge < -0.3 is 14.6 Å². The molecular formula is C20H25NO4. The molecule has 2 bridgehead atoms. The third-order valence-electron chi connectivity index (χ3n) is 4.72. The van der Waals surface area contributed by atoms with Crippen molar-refractivity contribution in [3.63, 3.8) is 0 Å². The lowest BCUT2D eigenvalue weighted by atomic mass is 9.76. The Bertz CT molecular complexity index is 686. The molecule has 2 saturated heterocycles. The van der Waals surface area contributed by atoms with Gasteiger partial charge in [-0.15, -0.1) is 6.42 Å². The highest BCUT2D eigenvalue weighted by Gasteiger charge is 2.49. The average Bonchev–Trinajstić information content (AvgIpc) is 2.52. The molecule has 0 spiro atoms. The van der Waals surface area contributed by atoms with Crippen LogP contribution in [0.2, 0.25) is 0 Å². The molecule has 5 nitrogen and oxygen atoms in total. The van der Waals surface area contributed by atoms with Crippen LogP contribution in [0.5, 0.6) is 0 Å². The van der Waals surface area contributed by atoms with Crippen molar-refractivity contribution in [1.82, 2.24) is 4.90 Å². The van der Waals surface area contributed by atoms with Crippen LogP contribution >= 0.6 is 0 Å². The van der Waals surface area contributed by atoms with Crippen molar-refractivity contribution in [1.29, 1.82) is 0 Å². The van der Waals surface area contributed by atoms with E-state index in [0.29, 0.717) is 26.1 Å². The highest BCUT2D eigenvalue weighted by Crippen LogP contribution is 2.41. The molecule has 134 valence electrons. The second-order valence-electron chi connectivity index (χ2n) is 7.90. The van der Waals surface area contributed by atoms with Gasteiger partial charge in [-0.2, -0.15) is 0 Å². The van der Waals surface area contributed by atoms with Crippen molar-refractivity contribution in [2.75, 3.05) is 13.2 Å². The van der Waals surface area contributed by atoms with Gasteiger partial charge in [-0.3, -0.25) is 4.90 Å². The Morgan fingerprint density at radius 3 is 2.56 bits per heavy atom. The number of hydrogen-bond donors (Lipinski definition) is 1. The van der Waals surface area contributed by atoms with Crippen molar-refractivity contribution >= 4 is 6.09 Å². The van der Waals surface area contributed by atoms with E-state index in [1.54, 1.807) is 4.90 Å². The van der Waals surface area contributed by atoms with E-state index in [9.17, 15) is 9.90 Å². The Morgan fingerprint density at radius 1 is 1.36 bits per heavy atom. The third kappa shape index (κ3) is 3.65. The minimum atomic E-state index is -1.02. The second kappa shape index (κ2) is 6.36. The maximum atomic E-state index is 12.6. The molecule has 25 heavy (non-hydrogen) atoms. The first-order valence-electron chi connectivity index (χ1n) is 8.60. The summed E-state index contributed by atoms with van der Waals surface area (Å²) in [4.78, 5) is 14.4. The van der Waals surface area contributed by atoms with Gasteiger partial charge in [0.15, 0.2) is 0 Å². The molecule has 0 aliphatic carbocycles. The van der Waals surface area contributed by atoms with Gasteiger partial charge in [-0.05, 0) is 38.5 Å². The summed E-state index contributed by atoms with van der Waals surface area (Å²) < 4.78 is 11.2. The van der Waals surface area contributed by atoms with Crippen LogP contribution in [0.4, 0.5) is 4.79 Å². The fraction of sp³-hybridized carbons (Fsp3) is 0.550. The SMILES string of the molecule is C#Cc1cccc(C2(O)CC3COCC(C2)N3C(=O)OC(C)(C)C)c1. The maximum Gasteiger partial charge on any atom is 0.410 e. The van der Waals surface area contributed by atoms with Crippen LogP contribution in [-0.4, -0.2) is 47.0 Å². The molecule has 0 saturated carbocycles. The van der Waals surface area contributed by atoms with Crippen LogP contribution in [-0.2, 0) is 15.1 Å². The fourth-order valence-electron chi connectivity index (χ4n) is 3.72. The normalized spacial score (nSPS) is 29.0. The summed E-state index contributed by atoms with van der Waals surface area (Å²) in [5.74, 6) is 2.61. The third-order valence-corrected chi connectivity index (χ3v) is 4.72. The number of terminal acetylenes is 1. The first kappa shape index (κ1) is 17.8. The zero-order chi connectivity index (χ0) is 18.2. The van der Waals surface area contributed by atoms with E-state index in [2.05, 4.69) is 5.92 Å². The van der Waals surface area contributed by atoms with Gasteiger partial charge in [-0.1, -0.05) is 18.1 Å². The molecule has 5 heteroatoms. The van der Waals surface area contributed by atoms with E-state index in [1.807, 2.05) is 45.0 Å². The maximum absolute atomic E-state index is 12.6. The van der Waals surface area contributed by atoms with Crippen LogP contribution in [0.3, 0.4) is 0 Å². The van der Waals surface area contributed by atoms with Crippen LogP contribution in [0.1, 0.15) is 44.7 Å². The lowest BCUT2D eigenvalue weighted by Crippen LogP contribution is -2.63. The highest BCUT2D eigenvalue weighted by atomic mass is 16.6. The molecule has 0 aromatic heterocycles. The van der Waals surface area contributed by atoms with Gasteiger partial charge in [0.2, 0.25) is 0 Å². The Morgan fingerprint density at radius 2 is 2.00 bits per heavy atom. The number of amides is 1. The standard InChI is InChI=1S/C20H25NO4/c1-5-14-7-6-8-15(9-14)20(23)10-16-12-24-13-17(11-20)21(16)18(22)25-19(2,3)4/h1,6-9,16-17,23H,10-13H2,2-4H3. The largest absolute Gasteiger partial charge is 0.444 e. The molecule has 1 aromatic carbocycles. The number of benzene rings is 1. The number of fused-ring (bicyclic) bond motifs is 2. The van der Waals surface area contributed by atoms with E-state index >= 15 is 0 Å². The quantitative estimate of drug-likeness (QED) is 0.797. The lowest BCUT2D eigenvalue weighted by molar-refractivity contribution is -0.141. The summed E-state index contributed by atoms with van der Waals surface area (Å²) in [6.07, 6.45) is 5.94. The molecule has 0 radical (unpaired) electrons. The van der Waals surface area contributed by atoms with Crippen LogP contribution in [0, 0.1) is 12.3 Å². The molecule has 2 aliphatic heterocycles. The first-order valence-corrected chi connectivity index (χ1v) is 8.60. The number of rotatable bonds is 1. The van der Waals surface area contributed by atoms with Crippen molar-refractivity contribution in [2.24, 2.45) is 0 Å². The Hall–Kier alpha value is -2.03. The minimum Gasteiger partial charge on any atom is -0.444 e. The number of hydrogen-bond acceptors (Lipinski definition) is 4. The monoisotopic (exact) mass is 343 g/mol. The van der Waals surface area contributed by atoms with E-state index in [4.69, 9.17) is 15.9 Å². The Balaban J connectivity index is 1.85. The summed E-state index contributed by atoms with van der Waals surface area (Å²) in [7, 11) is 0. The van der Waals surface area contributed by atoms with Gasteiger partial charge in [0.1, 0.15) is 5.60 Å². The Labute approximate surface area is 148 Å². The second-order valence-corrected chi connectivity index (χ2v) is 7.90. The molecule has 3 rings (SSSR count). The number of carbonyl (C=O) groups excluding carboxylic acids is 1. The number of morpholine rings is 1. The molecule has 1 N–H and O–H groups in total. The molecule has 2 aliphatic rings. The van der Waals surface area contributed by atoms with Crippen LogP contribution < -0.4 is 0 Å². The topological polar surface area (TPSA) is 59.0 Å². The predicted molar refractivity (Wildman–Crippen MR) is 94.0 cm³/mol. The molecule has 2 fully saturated rings. The summed E-state index contributed by atoms with van der Waals surface area (Å²) in [5.41, 5.74) is -0.0448. The van der Waals surface area contributed by atoms with Gasteiger partial charge >= 0.3 is 6.09 Å². The smallest absolute Gasteiger partial charge is 0.410 e. The van der Waals surface area contributed by atoms with Gasteiger partial charge in [0.25, 0.3) is 0 Å². The van der Waals surface area contributed by atoms with Crippen LogP contribution in [0.25, 0.3) is 0 Å². The summed E-state index contributed by atoms with van der Waals surface area (Å²) >= 11 is 0. The molecule has 2 atom stereocenters. The number of piperidine rings is 1. The van der Waals surface area contributed by atoms with E-state index < -0.39 is 11.2 Å². The van der Waals surface area contributed by atoms with Gasteiger partial charge in [0, 0.05) is 18.4 Å². The summed E-state index contributed by atoms with van der Waals surface area (Å²) in [6, 6.07) is 6.99. The first-order chi connectivity index (χ1) is 11.7. The molecule has 2 heterocycles.